The van der Waals surface area contributed by atoms with Crippen LogP contribution in [-0.4, -0.2) is 49.5 Å². The Hall–Kier alpha value is -1.34. The molecule has 0 aromatic carbocycles. The van der Waals surface area contributed by atoms with Crippen LogP contribution in [0, 0.1) is 5.41 Å². The summed E-state index contributed by atoms with van der Waals surface area (Å²) in [5.74, 6) is 0.173. The predicted molar refractivity (Wildman–Crippen MR) is 83.2 cm³/mol. The molecule has 1 aromatic rings. The highest BCUT2D eigenvalue weighted by molar-refractivity contribution is 7.18. The smallest absolute Gasteiger partial charge is 0.265 e. The van der Waals surface area contributed by atoms with E-state index in [2.05, 4.69) is 34.5 Å². The standard InChI is InChI=1S/C13H23N5OS/c1-13(4-6-18(3)7-5-13)8-16-11(19)9-10(14)17-12(15-2)20-9/h4-8,14H2,1-3H3,(H,15,17)(H,16,19). The van der Waals surface area contributed by atoms with Gasteiger partial charge in [0.05, 0.1) is 0 Å². The topological polar surface area (TPSA) is 83.3 Å². The average molecular weight is 297 g/mol. The zero-order chi connectivity index (χ0) is 14.8. The van der Waals surface area contributed by atoms with E-state index < -0.39 is 0 Å². The lowest BCUT2D eigenvalue weighted by Gasteiger charge is -2.37. The summed E-state index contributed by atoms with van der Waals surface area (Å²) in [6.45, 7) is 5.08. The summed E-state index contributed by atoms with van der Waals surface area (Å²) < 4.78 is 0. The van der Waals surface area contributed by atoms with Gasteiger partial charge in [-0.1, -0.05) is 18.3 Å². The molecular weight excluding hydrogens is 274 g/mol. The molecule has 0 bridgehead atoms. The number of thiazole rings is 1. The Kier molecular flexibility index (Phi) is 4.49. The normalized spacial score (nSPS) is 18.8. The van der Waals surface area contributed by atoms with Crippen LogP contribution in [0.15, 0.2) is 0 Å². The van der Waals surface area contributed by atoms with Gasteiger partial charge in [-0.2, -0.15) is 0 Å². The van der Waals surface area contributed by atoms with Crippen molar-refractivity contribution in [1.29, 1.82) is 0 Å². The van der Waals surface area contributed by atoms with Crippen LogP contribution in [0.2, 0.25) is 0 Å². The summed E-state index contributed by atoms with van der Waals surface area (Å²) in [5, 5.41) is 6.58. The number of nitrogen functional groups attached to an aromatic ring is 1. The zero-order valence-corrected chi connectivity index (χ0v) is 13.1. The Labute approximate surface area is 123 Å². The first-order valence-electron chi connectivity index (χ1n) is 6.84. The van der Waals surface area contributed by atoms with E-state index in [4.69, 9.17) is 5.73 Å². The van der Waals surface area contributed by atoms with E-state index in [9.17, 15) is 4.79 Å². The summed E-state index contributed by atoms with van der Waals surface area (Å²) in [7, 11) is 3.90. The first-order valence-corrected chi connectivity index (χ1v) is 7.66. The van der Waals surface area contributed by atoms with Gasteiger partial charge in [0.2, 0.25) is 0 Å². The summed E-state index contributed by atoms with van der Waals surface area (Å²) in [4.78, 5) is 19.1. The van der Waals surface area contributed by atoms with Gasteiger partial charge in [-0.25, -0.2) is 4.98 Å². The van der Waals surface area contributed by atoms with E-state index in [1.807, 2.05) is 0 Å². The molecule has 1 saturated heterocycles. The number of amides is 1. The first kappa shape index (κ1) is 15.1. The minimum Gasteiger partial charge on any atom is -0.382 e. The molecule has 1 fully saturated rings. The zero-order valence-electron chi connectivity index (χ0n) is 12.3. The second kappa shape index (κ2) is 5.97. The number of piperidine rings is 1. The number of carbonyl (C=O) groups is 1. The highest BCUT2D eigenvalue weighted by Crippen LogP contribution is 2.30. The van der Waals surface area contributed by atoms with Gasteiger partial charge in [0.15, 0.2) is 5.13 Å². The molecule has 1 amide bonds. The van der Waals surface area contributed by atoms with E-state index in [1.54, 1.807) is 7.05 Å². The van der Waals surface area contributed by atoms with Crippen LogP contribution in [0.1, 0.15) is 29.4 Å². The second-order valence-corrected chi connectivity index (χ2v) is 6.78. The molecule has 1 aliphatic rings. The van der Waals surface area contributed by atoms with Gasteiger partial charge in [0, 0.05) is 13.6 Å². The van der Waals surface area contributed by atoms with Crippen LogP contribution < -0.4 is 16.4 Å². The Morgan fingerprint density at radius 1 is 1.50 bits per heavy atom. The number of likely N-dealkylation sites (tertiary alicyclic amines) is 1. The highest BCUT2D eigenvalue weighted by Gasteiger charge is 2.29. The predicted octanol–water partition coefficient (Wildman–Crippen LogP) is 1.23. The minimum absolute atomic E-state index is 0.123. The Morgan fingerprint density at radius 3 is 2.70 bits per heavy atom. The molecule has 0 saturated carbocycles. The van der Waals surface area contributed by atoms with Crippen molar-refractivity contribution in [3.63, 3.8) is 0 Å². The lowest BCUT2D eigenvalue weighted by molar-refractivity contribution is 0.0896. The fourth-order valence-corrected chi connectivity index (χ4v) is 3.07. The molecule has 1 aliphatic heterocycles. The van der Waals surface area contributed by atoms with Crippen molar-refractivity contribution in [2.24, 2.45) is 5.41 Å². The molecule has 1 aromatic heterocycles. The third-order valence-electron chi connectivity index (χ3n) is 3.94. The molecule has 20 heavy (non-hydrogen) atoms. The maximum Gasteiger partial charge on any atom is 0.265 e. The number of nitrogens with zero attached hydrogens (tertiary/aromatic N) is 2. The lowest BCUT2D eigenvalue weighted by atomic mass is 9.80. The largest absolute Gasteiger partial charge is 0.382 e. The Bertz CT molecular complexity index is 479. The number of carbonyl (C=O) groups excluding carboxylic acids is 1. The number of nitrogens with two attached hydrogens (primary N) is 1. The molecule has 2 heterocycles. The van der Waals surface area contributed by atoms with E-state index in [0.717, 1.165) is 25.9 Å². The van der Waals surface area contributed by atoms with Crippen molar-refractivity contribution >= 4 is 28.2 Å². The van der Waals surface area contributed by atoms with Gasteiger partial charge < -0.3 is 21.3 Å². The van der Waals surface area contributed by atoms with Crippen LogP contribution in [0.4, 0.5) is 10.9 Å². The number of hydrogen-bond donors (Lipinski definition) is 3. The molecule has 112 valence electrons. The number of aromatic nitrogens is 1. The summed E-state index contributed by atoms with van der Waals surface area (Å²) in [6.07, 6.45) is 2.20. The van der Waals surface area contributed by atoms with Crippen molar-refractivity contribution in [2.45, 2.75) is 19.8 Å². The number of hydrogen-bond acceptors (Lipinski definition) is 6. The van der Waals surface area contributed by atoms with E-state index in [0.29, 0.717) is 22.4 Å². The number of anilines is 2. The first-order chi connectivity index (χ1) is 9.43. The van der Waals surface area contributed by atoms with Crippen LogP contribution in [-0.2, 0) is 0 Å². The van der Waals surface area contributed by atoms with Crippen LogP contribution in [0.5, 0.6) is 0 Å². The van der Waals surface area contributed by atoms with Crippen LogP contribution >= 0.6 is 11.3 Å². The van der Waals surface area contributed by atoms with E-state index in [1.165, 1.54) is 11.3 Å². The monoisotopic (exact) mass is 297 g/mol. The third-order valence-corrected chi connectivity index (χ3v) is 5.03. The van der Waals surface area contributed by atoms with Crippen molar-refractivity contribution in [3.8, 4) is 0 Å². The fraction of sp³-hybridized carbons (Fsp3) is 0.692. The van der Waals surface area contributed by atoms with Crippen LogP contribution in [0.3, 0.4) is 0 Å². The lowest BCUT2D eigenvalue weighted by Crippen LogP contribution is -2.43. The van der Waals surface area contributed by atoms with Crippen molar-refractivity contribution < 1.29 is 4.79 Å². The van der Waals surface area contributed by atoms with Crippen LogP contribution in [0.25, 0.3) is 0 Å². The third kappa shape index (κ3) is 3.40. The van der Waals surface area contributed by atoms with E-state index >= 15 is 0 Å². The van der Waals surface area contributed by atoms with Gasteiger partial charge in [-0.3, -0.25) is 4.79 Å². The summed E-state index contributed by atoms with van der Waals surface area (Å²) in [5.41, 5.74) is 5.94. The average Bonchev–Trinajstić information content (AvgIpc) is 2.81. The van der Waals surface area contributed by atoms with Crippen molar-refractivity contribution in [3.05, 3.63) is 4.88 Å². The molecule has 0 aliphatic carbocycles. The van der Waals surface area contributed by atoms with Crippen molar-refractivity contribution in [2.75, 3.05) is 44.8 Å². The maximum absolute atomic E-state index is 12.2. The quantitative estimate of drug-likeness (QED) is 0.778. The van der Waals surface area contributed by atoms with Gasteiger partial charge in [0.25, 0.3) is 5.91 Å². The molecule has 2 rings (SSSR count). The molecule has 0 radical (unpaired) electrons. The number of rotatable bonds is 4. The maximum atomic E-state index is 12.2. The highest BCUT2D eigenvalue weighted by atomic mass is 32.1. The molecular formula is C13H23N5OS. The van der Waals surface area contributed by atoms with Gasteiger partial charge in [0.1, 0.15) is 10.7 Å². The summed E-state index contributed by atoms with van der Waals surface area (Å²) >= 11 is 1.29. The molecule has 6 nitrogen and oxygen atoms in total. The molecule has 0 unspecified atom stereocenters. The van der Waals surface area contributed by atoms with Gasteiger partial charge in [-0.05, 0) is 38.4 Å². The number of nitrogens with one attached hydrogen (secondary N) is 2. The Morgan fingerprint density at radius 2 is 2.15 bits per heavy atom. The molecule has 0 spiro atoms. The minimum atomic E-state index is -0.123. The molecule has 7 heteroatoms. The fourth-order valence-electron chi connectivity index (χ4n) is 2.31. The molecule has 4 N–H and O–H groups in total. The molecule has 0 atom stereocenters. The second-order valence-electron chi connectivity index (χ2n) is 5.78. The summed E-state index contributed by atoms with van der Waals surface area (Å²) in [6, 6.07) is 0. The van der Waals surface area contributed by atoms with Gasteiger partial charge >= 0.3 is 0 Å². The van der Waals surface area contributed by atoms with E-state index in [-0.39, 0.29) is 11.3 Å². The van der Waals surface area contributed by atoms with Crippen molar-refractivity contribution in [1.82, 2.24) is 15.2 Å². The van der Waals surface area contributed by atoms with Gasteiger partial charge in [-0.15, -0.1) is 0 Å². The SMILES string of the molecule is CNc1nc(N)c(C(=O)NCC2(C)CCN(C)CC2)s1. The Balaban J connectivity index is 1.93.